The summed E-state index contributed by atoms with van der Waals surface area (Å²) < 4.78 is 10.2. The van der Waals surface area contributed by atoms with Gasteiger partial charge in [-0.05, 0) is 48.2 Å². The van der Waals surface area contributed by atoms with Crippen LogP contribution in [-0.2, 0) is 11.2 Å². The average molecular weight is 283 g/mol. The molecule has 0 aliphatic rings. The van der Waals surface area contributed by atoms with Gasteiger partial charge in [0.15, 0.2) is 6.79 Å². The largest absolute Gasteiger partial charge is 0.468 e. The zero-order valence-corrected chi connectivity index (χ0v) is 12.4. The summed E-state index contributed by atoms with van der Waals surface area (Å²) in [6.07, 6.45) is 4.04. The summed E-state index contributed by atoms with van der Waals surface area (Å²) in [7, 11) is 1.61. The molecule has 0 bridgehead atoms. The summed E-state index contributed by atoms with van der Waals surface area (Å²) in [5, 5.41) is 0. The first kappa shape index (κ1) is 15.3. The smallest absolute Gasteiger partial charge is 0.188 e. The lowest BCUT2D eigenvalue weighted by atomic mass is 10.1. The second-order valence-corrected chi connectivity index (χ2v) is 4.74. The van der Waals surface area contributed by atoms with Gasteiger partial charge in [0, 0.05) is 19.9 Å². The van der Waals surface area contributed by atoms with Crippen LogP contribution in [0.15, 0.2) is 59.6 Å². The Labute approximate surface area is 126 Å². The summed E-state index contributed by atoms with van der Waals surface area (Å²) in [5.74, 6) is 0.804. The van der Waals surface area contributed by atoms with E-state index in [1.165, 1.54) is 5.56 Å². The van der Waals surface area contributed by atoms with Crippen LogP contribution >= 0.6 is 0 Å². The molecule has 0 saturated heterocycles. The van der Waals surface area contributed by atoms with E-state index in [0.717, 1.165) is 30.7 Å². The van der Waals surface area contributed by atoms with Crippen LogP contribution < -0.4 is 4.74 Å². The molecule has 0 atom stereocenters. The van der Waals surface area contributed by atoms with Crippen LogP contribution in [0.3, 0.4) is 0 Å². The van der Waals surface area contributed by atoms with Gasteiger partial charge in [0.05, 0.1) is 0 Å². The number of hydrogen-bond acceptors (Lipinski definition) is 3. The molecule has 0 spiro atoms. The van der Waals surface area contributed by atoms with E-state index in [-0.39, 0.29) is 6.79 Å². The van der Waals surface area contributed by atoms with Crippen LogP contribution in [0.2, 0.25) is 0 Å². The van der Waals surface area contributed by atoms with Crippen molar-refractivity contribution in [2.75, 3.05) is 20.4 Å². The molecule has 0 aromatic heterocycles. The van der Waals surface area contributed by atoms with E-state index in [2.05, 4.69) is 29.3 Å². The highest BCUT2D eigenvalue weighted by molar-refractivity contribution is 5.79. The van der Waals surface area contributed by atoms with Crippen molar-refractivity contribution in [2.45, 2.75) is 12.8 Å². The zero-order chi connectivity index (χ0) is 14.8. The second kappa shape index (κ2) is 8.93. The molecule has 0 amide bonds. The van der Waals surface area contributed by atoms with Crippen LogP contribution in [0, 0.1) is 0 Å². The van der Waals surface area contributed by atoms with E-state index in [0.29, 0.717) is 0 Å². The molecule has 0 N–H and O–H groups in total. The Kier molecular flexibility index (Phi) is 6.49. The molecule has 3 nitrogen and oxygen atoms in total. The van der Waals surface area contributed by atoms with Gasteiger partial charge >= 0.3 is 0 Å². The number of aryl methyl sites for hydroxylation is 1. The standard InChI is InChI=1S/C18H21NO2/c1-20-15-21-18-11-9-17(10-12-18)14-19-13-5-8-16-6-3-2-4-7-16/h2-4,6-7,9-12,14H,5,8,13,15H2,1H3. The highest BCUT2D eigenvalue weighted by atomic mass is 16.7. The number of rotatable bonds is 8. The monoisotopic (exact) mass is 283 g/mol. The van der Waals surface area contributed by atoms with E-state index in [1.807, 2.05) is 36.5 Å². The van der Waals surface area contributed by atoms with Gasteiger partial charge in [-0.2, -0.15) is 0 Å². The summed E-state index contributed by atoms with van der Waals surface area (Å²) in [4.78, 5) is 4.46. The minimum atomic E-state index is 0.271. The van der Waals surface area contributed by atoms with Gasteiger partial charge in [-0.3, -0.25) is 4.99 Å². The molecule has 3 heteroatoms. The molecule has 21 heavy (non-hydrogen) atoms. The molecule has 0 radical (unpaired) electrons. The number of methoxy groups -OCH3 is 1. The van der Waals surface area contributed by atoms with Gasteiger partial charge in [0.2, 0.25) is 0 Å². The maximum atomic E-state index is 5.34. The molecule has 0 unspecified atom stereocenters. The normalized spacial score (nSPS) is 10.9. The molecule has 2 rings (SSSR count). The van der Waals surface area contributed by atoms with Crippen molar-refractivity contribution >= 4 is 6.21 Å². The van der Waals surface area contributed by atoms with Gasteiger partial charge in [-0.25, -0.2) is 0 Å². The van der Waals surface area contributed by atoms with Crippen LogP contribution in [0.4, 0.5) is 0 Å². The van der Waals surface area contributed by atoms with E-state index in [9.17, 15) is 0 Å². The maximum Gasteiger partial charge on any atom is 0.188 e. The van der Waals surface area contributed by atoms with E-state index in [1.54, 1.807) is 7.11 Å². The molecule has 0 fully saturated rings. The van der Waals surface area contributed by atoms with Crippen molar-refractivity contribution in [3.05, 3.63) is 65.7 Å². The molecule has 2 aromatic carbocycles. The summed E-state index contributed by atoms with van der Waals surface area (Å²) >= 11 is 0. The Balaban J connectivity index is 1.71. The third-order valence-corrected chi connectivity index (χ3v) is 3.06. The fourth-order valence-corrected chi connectivity index (χ4v) is 1.97. The lowest BCUT2D eigenvalue weighted by Gasteiger charge is -2.04. The van der Waals surface area contributed by atoms with Crippen molar-refractivity contribution in [1.29, 1.82) is 0 Å². The van der Waals surface area contributed by atoms with Gasteiger partial charge in [0.25, 0.3) is 0 Å². The van der Waals surface area contributed by atoms with Crippen molar-refractivity contribution < 1.29 is 9.47 Å². The molecule has 0 aliphatic heterocycles. The summed E-state index contributed by atoms with van der Waals surface area (Å²) in [6.45, 7) is 1.11. The first-order chi connectivity index (χ1) is 10.4. The third kappa shape index (κ3) is 5.79. The maximum absolute atomic E-state index is 5.34. The summed E-state index contributed by atoms with van der Waals surface area (Å²) in [6, 6.07) is 18.3. The molecule has 2 aromatic rings. The van der Waals surface area contributed by atoms with E-state index in [4.69, 9.17) is 9.47 Å². The molecular weight excluding hydrogens is 262 g/mol. The highest BCUT2D eigenvalue weighted by Crippen LogP contribution is 2.11. The SMILES string of the molecule is COCOc1ccc(C=NCCCc2ccccc2)cc1. The number of aliphatic imine (C=N–C) groups is 1. The molecule has 110 valence electrons. The average Bonchev–Trinajstić information content (AvgIpc) is 2.55. The van der Waals surface area contributed by atoms with E-state index >= 15 is 0 Å². The third-order valence-electron chi connectivity index (χ3n) is 3.06. The van der Waals surface area contributed by atoms with Gasteiger partial charge in [-0.1, -0.05) is 30.3 Å². The van der Waals surface area contributed by atoms with Crippen LogP contribution in [0.1, 0.15) is 17.5 Å². The topological polar surface area (TPSA) is 30.8 Å². The quantitative estimate of drug-likeness (QED) is 0.420. The van der Waals surface area contributed by atoms with E-state index < -0.39 is 0 Å². The Morgan fingerprint density at radius 2 is 1.76 bits per heavy atom. The number of ether oxygens (including phenoxy) is 2. The van der Waals surface area contributed by atoms with Gasteiger partial charge < -0.3 is 9.47 Å². The Morgan fingerprint density at radius 3 is 2.48 bits per heavy atom. The van der Waals surface area contributed by atoms with Crippen molar-refractivity contribution in [1.82, 2.24) is 0 Å². The molecular formula is C18H21NO2. The van der Waals surface area contributed by atoms with Crippen LogP contribution in [0.25, 0.3) is 0 Å². The highest BCUT2D eigenvalue weighted by Gasteiger charge is 1.93. The van der Waals surface area contributed by atoms with Crippen LogP contribution in [0.5, 0.6) is 5.75 Å². The van der Waals surface area contributed by atoms with Crippen molar-refractivity contribution in [3.63, 3.8) is 0 Å². The summed E-state index contributed by atoms with van der Waals surface area (Å²) in [5.41, 5.74) is 2.45. The lowest BCUT2D eigenvalue weighted by molar-refractivity contribution is 0.0511. The first-order valence-electron chi connectivity index (χ1n) is 7.14. The number of nitrogens with zero attached hydrogens (tertiary/aromatic N) is 1. The minimum Gasteiger partial charge on any atom is -0.468 e. The zero-order valence-electron chi connectivity index (χ0n) is 12.4. The molecule has 0 aliphatic carbocycles. The predicted molar refractivity (Wildman–Crippen MR) is 86.2 cm³/mol. The number of hydrogen-bond donors (Lipinski definition) is 0. The number of benzene rings is 2. The van der Waals surface area contributed by atoms with Gasteiger partial charge in [-0.15, -0.1) is 0 Å². The fourth-order valence-electron chi connectivity index (χ4n) is 1.97. The Bertz CT molecular complexity index is 535. The van der Waals surface area contributed by atoms with Crippen molar-refractivity contribution in [2.24, 2.45) is 4.99 Å². The Morgan fingerprint density at radius 1 is 1.00 bits per heavy atom. The molecule has 0 heterocycles. The van der Waals surface area contributed by atoms with Gasteiger partial charge in [0.1, 0.15) is 5.75 Å². The molecule has 0 saturated carbocycles. The predicted octanol–water partition coefficient (Wildman–Crippen LogP) is 3.72. The fraction of sp³-hybridized carbons (Fsp3) is 0.278. The lowest BCUT2D eigenvalue weighted by Crippen LogP contribution is -1.98. The Hall–Kier alpha value is -2.13. The first-order valence-corrected chi connectivity index (χ1v) is 7.14. The van der Waals surface area contributed by atoms with Crippen LogP contribution in [-0.4, -0.2) is 26.7 Å². The second-order valence-electron chi connectivity index (χ2n) is 4.74. The minimum absolute atomic E-state index is 0.271. The van der Waals surface area contributed by atoms with Crippen molar-refractivity contribution in [3.8, 4) is 5.75 Å².